The summed E-state index contributed by atoms with van der Waals surface area (Å²) in [5.74, 6) is -1.43. The molecule has 1 aromatic carbocycles. The molecule has 0 aliphatic heterocycles. The summed E-state index contributed by atoms with van der Waals surface area (Å²) in [6, 6.07) is 7.42. The van der Waals surface area contributed by atoms with Crippen LogP contribution in [0, 0.1) is 0 Å². The van der Waals surface area contributed by atoms with Crippen LogP contribution in [-0.4, -0.2) is 24.6 Å². The van der Waals surface area contributed by atoms with Crippen LogP contribution in [0.25, 0.3) is 0 Å². The molecular weight excluding hydrogens is 310 g/mol. The first kappa shape index (κ1) is 15.4. The van der Waals surface area contributed by atoms with Crippen molar-refractivity contribution >= 4 is 34.0 Å². The van der Waals surface area contributed by atoms with E-state index in [1.807, 2.05) is 31.2 Å². The number of carbonyl (C=O) groups excluding carboxylic acids is 2. The summed E-state index contributed by atoms with van der Waals surface area (Å²) in [4.78, 5) is 22.7. The van der Waals surface area contributed by atoms with Gasteiger partial charge in [0.15, 0.2) is 0 Å². The summed E-state index contributed by atoms with van der Waals surface area (Å²) < 4.78 is 0.917. The van der Waals surface area contributed by atoms with Gasteiger partial charge in [-0.2, -0.15) is 5.10 Å². The molecule has 0 aliphatic rings. The van der Waals surface area contributed by atoms with Gasteiger partial charge in [0.25, 0.3) is 0 Å². The van der Waals surface area contributed by atoms with Crippen LogP contribution in [0.4, 0.5) is 0 Å². The molecule has 0 aliphatic carbocycles. The summed E-state index contributed by atoms with van der Waals surface area (Å²) in [7, 11) is 0. The smallest absolute Gasteiger partial charge is 0.329 e. The van der Waals surface area contributed by atoms with Crippen LogP contribution < -0.4 is 10.7 Å². The van der Waals surface area contributed by atoms with Gasteiger partial charge in [0.05, 0.1) is 6.21 Å². The Morgan fingerprint density at radius 2 is 2.16 bits per heavy atom. The Hall–Kier alpha value is -1.69. The molecule has 5 nitrogen and oxygen atoms in total. The Morgan fingerprint density at radius 1 is 1.37 bits per heavy atom. The zero-order valence-corrected chi connectivity index (χ0v) is 12.2. The van der Waals surface area contributed by atoms with Crippen molar-refractivity contribution in [3.63, 3.8) is 0 Å². The average Bonchev–Trinajstić information content (AvgIpc) is 2.39. The Kier molecular flexibility index (Phi) is 6.81. The second kappa shape index (κ2) is 8.42. The van der Waals surface area contributed by atoms with Crippen molar-refractivity contribution in [2.24, 2.45) is 5.10 Å². The molecule has 0 heterocycles. The topological polar surface area (TPSA) is 70.6 Å². The Morgan fingerprint density at radius 3 is 2.84 bits per heavy atom. The van der Waals surface area contributed by atoms with Crippen molar-refractivity contribution in [3.8, 4) is 0 Å². The van der Waals surface area contributed by atoms with Crippen molar-refractivity contribution in [1.82, 2.24) is 10.7 Å². The molecule has 102 valence electrons. The number of benzene rings is 1. The number of unbranched alkanes of at least 4 members (excludes halogenated alkanes) is 1. The van der Waals surface area contributed by atoms with Gasteiger partial charge >= 0.3 is 11.8 Å². The Labute approximate surface area is 120 Å². The van der Waals surface area contributed by atoms with E-state index in [0.717, 1.165) is 22.9 Å². The van der Waals surface area contributed by atoms with E-state index >= 15 is 0 Å². The summed E-state index contributed by atoms with van der Waals surface area (Å²) in [5, 5.41) is 6.23. The van der Waals surface area contributed by atoms with Gasteiger partial charge in [-0.1, -0.05) is 41.4 Å². The van der Waals surface area contributed by atoms with Gasteiger partial charge in [0.1, 0.15) is 0 Å². The summed E-state index contributed by atoms with van der Waals surface area (Å²) in [5.41, 5.74) is 3.00. The third-order valence-corrected chi connectivity index (χ3v) is 2.74. The van der Waals surface area contributed by atoms with Gasteiger partial charge in [0, 0.05) is 11.0 Å². The SMILES string of the molecule is CCCCNC(=O)C(=O)N/N=C/c1cccc(Br)c1. The molecule has 0 aromatic heterocycles. The van der Waals surface area contributed by atoms with Crippen molar-refractivity contribution in [2.45, 2.75) is 19.8 Å². The Balaban J connectivity index is 2.39. The molecule has 2 N–H and O–H groups in total. The van der Waals surface area contributed by atoms with Crippen LogP contribution in [0.5, 0.6) is 0 Å². The fourth-order valence-electron chi connectivity index (χ4n) is 1.26. The van der Waals surface area contributed by atoms with Crippen LogP contribution in [0.15, 0.2) is 33.8 Å². The first-order valence-corrected chi connectivity index (χ1v) is 6.79. The van der Waals surface area contributed by atoms with Gasteiger partial charge in [-0.05, 0) is 24.1 Å². The number of nitrogens with zero attached hydrogens (tertiary/aromatic N) is 1. The number of halogens is 1. The maximum atomic E-state index is 11.3. The second-order valence-corrected chi connectivity index (χ2v) is 4.78. The lowest BCUT2D eigenvalue weighted by atomic mass is 10.2. The summed E-state index contributed by atoms with van der Waals surface area (Å²) in [6.45, 7) is 2.51. The molecule has 1 rings (SSSR count). The van der Waals surface area contributed by atoms with Crippen molar-refractivity contribution in [3.05, 3.63) is 34.3 Å². The number of hydrazone groups is 1. The highest BCUT2D eigenvalue weighted by Gasteiger charge is 2.10. The first-order valence-electron chi connectivity index (χ1n) is 6.00. The highest BCUT2D eigenvalue weighted by Crippen LogP contribution is 2.09. The van der Waals surface area contributed by atoms with E-state index in [1.165, 1.54) is 6.21 Å². The van der Waals surface area contributed by atoms with E-state index in [4.69, 9.17) is 0 Å². The molecule has 6 heteroatoms. The lowest BCUT2D eigenvalue weighted by Gasteiger charge is -2.02. The molecule has 0 spiro atoms. The van der Waals surface area contributed by atoms with E-state index in [2.05, 4.69) is 31.8 Å². The molecule has 19 heavy (non-hydrogen) atoms. The van der Waals surface area contributed by atoms with Crippen molar-refractivity contribution in [1.29, 1.82) is 0 Å². The number of rotatable bonds is 5. The van der Waals surface area contributed by atoms with Crippen LogP contribution >= 0.6 is 15.9 Å². The highest BCUT2D eigenvalue weighted by molar-refractivity contribution is 9.10. The molecular formula is C13H16BrN3O2. The van der Waals surface area contributed by atoms with Gasteiger partial charge in [-0.15, -0.1) is 0 Å². The molecule has 2 amide bonds. The fourth-order valence-corrected chi connectivity index (χ4v) is 1.68. The van der Waals surface area contributed by atoms with E-state index in [9.17, 15) is 9.59 Å². The van der Waals surface area contributed by atoms with Gasteiger partial charge < -0.3 is 5.32 Å². The Bertz CT molecular complexity index is 475. The highest BCUT2D eigenvalue weighted by atomic mass is 79.9. The molecule has 0 saturated carbocycles. The number of hydrogen-bond donors (Lipinski definition) is 2. The van der Waals surface area contributed by atoms with Gasteiger partial charge in [0.2, 0.25) is 0 Å². The van der Waals surface area contributed by atoms with Crippen molar-refractivity contribution in [2.75, 3.05) is 6.54 Å². The summed E-state index contributed by atoms with van der Waals surface area (Å²) >= 11 is 3.33. The van der Waals surface area contributed by atoms with Gasteiger partial charge in [-0.3, -0.25) is 9.59 Å². The standard InChI is InChI=1S/C13H16BrN3O2/c1-2-3-7-15-12(18)13(19)17-16-9-10-5-4-6-11(14)8-10/h4-6,8-9H,2-3,7H2,1H3,(H,15,18)(H,17,19)/b16-9+. The lowest BCUT2D eigenvalue weighted by molar-refractivity contribution is -0.139. The molecule has 0 unspecified atom stereocenters. The number of nitrogens with one attached hydrogen (secondary N) is 2. The third-order valence-electron chi connectivity index (χ3n) is 2.25. The zero-order valence-electron chi connectivity index (χ0n) is 10.6. The monoisotopic (exact) mass is 325 g/mol. The lowest BCUT2D eigenvalue weighted by Crippen LogP contribution is -2.38. The molecule has 0 fully saturated rings. The minimum Gasteiger partial charge on any atom is -0.348 e. The molecule has 0 radical (unpaired) electrons. The quantitative estimate of drug-likeness (QED) is 0.375. The minimum atomic E-state index is -0.762. The number of amides is 2. The number of hydrogen-bond acceptors (Lipinski definition) is 3. The maximum Gasteiger partial charge on any atom is 0.329 e. The molecule has 0 saturated heterocycles. The molecule has 1 aromatic rings. The minimum absolute atomic E-state index is 0.498. The summed E-state index contributed by atoms with van der Waals surface area (Å²) in [6.07, 6.45) is 3.28. The average molecular weight is 326 g/mol. The van der Waals surface area contributed by atoms with Crippen molar-refractivity contribution < 1.29 is 9.59 Å². The number of carbonyl (C=O) groups is 2. The zero-order chi connectivity index (χ0) is 14.1. The maximum absolute atomic E-state index is 11.3. The van der Waals surface area contributed by atoms with Gasteiger partial charge in [-0.25, -0.2) is 5.43 Å². The predicted octanol–water partition coefficient (Wildman–Crippen LogP) is 1.82. The van der Waals surface area contributed by atoms with Crippen LogP contribution in [0.1, 0.15) is 25.3 Å². The molecule has 0 bridgehead atoms. The first-order chi connectivity index (χ1) is 9.13. The third kappa shape index (κ3) is 6.15. The molecule has 0 atom stereocenters. The van der Waals surface area contributed by atoms with E-state index < -0.39 is 11.8 Å². The van der Waals surface area contributed by atoms with Crippen LogP contribution in [-0.2, 0) is 9.59 Å². The fraction of sp³-hybridized carbons (Fsp3) is 0.308. The van der Waals surface area contributed by atoms with E-state index in [0.29, 0.717) is 6.54 Å². The van der Waals surface area contributed by atoms with E-state index in [-0.39, 0.29) is 0 Å². The predicted molar refractivity (Wildman–Crippen MR) is 77.8 cm³/mol. The van der Waals surface area contributed by atoms with E-state index in [1.54, 1.807) is 0 Å². The van der Waals surface area contributed by atoms with Crippen LogP contribution in [0.3, 0.4) is 0 Å². The normalized spacial score (nSPS) is 10.4. The largest absolute Gasteiger partial charge is 0.348 e. The van der Waals surface area contributed by atoms with Crippen LogP contribution in [0.2, 0.25) is 0 Å². The second-order valence-electron chi connectivity index (χ2n) is 3.86.